The van der Waals surface area contributed by atoms with Gasteiger partial charge in [-0.3, -0.25) is 19.5 Å². The van der Waals surface area contributed by atoms with Gasteiger partial charge >= 0.3 is 6.18 Å². The number of piperazine rings is 1. The minimum absolute atomic E-state index is 0.0473. The van der Waals surface area contributed by atoms with Crippen molar-refractivity contribution in [2.75, 3.05) is 32.6 Å². The van der Waals surface area contributed by atoms with E-state index in [9.17, 15) is 31.5 Å². The molecule has 4 rings (SSSR count). The molecule has 0 saturated carbocycles. The van der Waals surface area contributed by atoms with Gasteiger partial charge in [0, 0.05) is 54.5 Å². The SMILES string of the molecule is COc1c([C@H]2[C@H](C(=O)Nc3ccnc(C(=O)N4C[C@@H](C)N(C)C[C@H]4C)c3)O[C@@](C)(C(F)(F)F)[C@H]2C)ccc(F)c1F. The number of ether oxygens (including phenoxy) is 2. The van der Waals surface area contributed by atoms with Crippen LogP contribution >= 0.6 is 0 Å². The molecule has 6 atom stereocenters. The standard InChI is InChI=1S/C28H33F5N4O4/c1-14-13-37(15(2)12-36(14)5)26(39)20-11-17(9-10-34-20)35-25(38)24-21(16(3)27(4,41-24)28(31,32)33)18-7-8-19(29)22(30)23(18)40-6/h7-11,14-16,21,24H,12-13H2,1-6H3,(H,34,35,38)/t14-,15-,16+,21+,24-,27-/m1/s1. The van der Waals surface area contributed by atoms with Crippen molar-refractivity contribution < 1.29 is 41.0 Å². The lowest BCUT2D eigenvalue weighted by atomic mass is 9.77. The maximum atomic E-state index is 14.6. The molecular formula is C28H33F5N4O4. The van der Waals surface area contributed by atoms with Crippen LogP contribution in [0.15, 0.2) is 30.5 Å². The maximum Gasteiger partial charge on any atom is 0.417 e. The summed E-state index contributed by atoms with van der Waals surface area (Å²) in [6, 6.07) is 4.60. The Balaban J connectivity index is 1.65. The number of aromatic nitrogens is 1. The van der Waals surface area contributed by atoms with Crippen LogP contribution in [0.3, 0.4) is 0 Å². The maximum absolute atomic E-state index is 14.6. The van der Waals surface area contributed by atoms with E-state index in [2.05, 4.69) is 15.2 Å². The number of hydrogen-bond acceptors (Lipinski definition) is 6. The molecule has 1 aromatic heterocycles. The van der Waals surface area contributed by atoms with Crippen molar-refractivity contribution in [3.05, 3.63) is 53.4 Å². The minimum atomic E-state index is -4.89. The van der Waals surface area contributed by atoms with Crippen LogP contribution < -0.4 is 10.1 Å². The molecule has 2 fully saturated rings. The van der Waals surface area contributed by atoms with Crippen molar-refractivity contribution in [1.29, 1.82) is 0 Å². The minimum Gasteiger partial charge on any atom is -0.493 e. The summed E-state index contributed by atoms with van der Waals surface area (Å²) >= 11 is 0. The molecule has 41 heavy (non-hydrogen) atoms. The molecule has 0 spiro atoms. The molecule has 8 nitrogen and oxygen atoms in total. The number of alkyl halides is 3. The van der Waals surface area contributed by atoms with Gasteiger partial charge in [-0.1, -0.05) is 13.0 Å². The van der Waals surface area contributed by atoms with E-state index in [0.717, 1.165) is 26.2 Å². The Morgan fingerprint density at radius 1 is 1.12 bits per heavy atom. The van der Waals surface area contributed by atoms with Gasteiger partial charge in [-0.05, 0) is 46.0 Å². The molecule has 1 N–H and O–H groups in total. The van der Waals surface area contributed by atoms with E-state index in [0.29, 0.717) is 13.1 Å². The van der Waals surface area contributed by atoms with Crippen molar-refractivity contribution in [2.24, 2.45) is 5.92 Å². The Morgan fingerprint density at radius 2 is 1.80 bits per heavy atom. The molecule has 0 bridgehead atoms. The normalized spacial score (nSPS) is 29.0. The average molecular weight is 585 g/mol. The predicted molar refractivity (Wildman–Crippen MR) is 140 cm³/mol. The third kappa shape index (κ3) is 5.49. The number of carbonyl (C=O) groups excluding carboxylic acids is 2. The summed E-state index contributed by atoms with van der Waals surface area (Å²) < 4.78 is 81.5. The third-order valence-electron chi connectivity index (χ3n) is 8.38. The number of carbonyl (C=O) groups is 2. The summed E-state index contributed by atoms with van der Waals surface area (Å²) in [6.07, 6.45) is -5.35. The van der Waals surface area contributed by atoms with Crippen LogP contribution in [0.2, 0.25) is 0 Å². The van der Waals surface area contributed by atoms with Crippen LogP contribution in [0.4, 0.5) is 27.6 Å². The Bertz CT molecular complexity index is 1320. The molecule has 0 unspecified atom stereocenters. The fourth-order valence-electron chi connectivity index (χ4n) is 5.61. The van der Waals surface area contributed by atoms with Gasteiger partial charge < -0.3 is 19.7 Å². The van der Waals surface area contributed by atoms with Crippen LogP contribution in [0.1, 0.15) is 49.7 Å². The molecule has 2 aliphatic rings. The van der Waals surface area contributed by atoms with Gasteiger partial charge in [0.15, 0.2) is 17.2 Å². The first-order valence-corrected chi connectivity index (χ1v) is 13.1. The van der Waals surface area contributed by atoms with Crippen LogP contribution in [0.25, 0.3) is 0 Å². The average Bonchev–Trinajstić information content (AvgIpc) is 3.19. The van der Waals surface area contributed by atoms with Crippen molar-refractivity contribution in [3.63, 3.8) is 0 Å². The van der Waals surface area contributed by atoms with E-state index >= 15 is 0 Å². The molecule has 0 aliphatic carbocycles. The summed E-state index contributed by atoms with van der Waals surface area (Å²) in [5, 5.41) is 2.52. The first-order valence-electron chi connectivity index (χ1n) is 13.1. The molecule has 224 valence electrons. The summed E-state index contributed by atoms with van der Waals surface area (Å²) in [5.74, 6) is -7.32. The lowest BCUT2D eigenvalue weighted by Crippen LogP contribution is -2.56. The van der Waals surface area contributed by atoms with Crippen molar-refractivity contribution >= 4 is 17.5 Å². The molecule has 2 saturated heterocycles. The topological polar surface area (TPSA) is 84.0 Å². The Labute approximate surface area is 234 Å². The summed E-state index contributed by atoms with van der Waals surface area (Å²) in [4.78, 5) is 34.7. The predicted octanol–water partition coefficient (Wildman–Crippen LogP) is 4.61. The second-order valence-corrected chi connectivity index (χ2v) is 11.0. The van der Waals surface area contributed by atoms with Crippen LogP contribution in [-0.2, 0) is 9.53 Å². The Morgan fingerprint density at radius 3 is 2.44 bits per heavy atom. The number of amides is 2. The van der Waals surface area contributed by atoms with Crippen LogP contribution in [0, 0.1) is 17.6 Å². The molecule has 13 heteroatoms. The number of nitrogens with zero attached hydrogens (tertiary/aromatic N) is 3. The van der Waals surface area contributed by atoms with E-state index in [1.165, 1.54) is 25.3 Å². The fraction of sp³-hybridized carbons (Fsp3) is 0.536. The summed E-state index contributed by atoms with van der Waals surface area (Å²) in [5.41, 5.74) is -2.78. The molecule has 0 radical (unpaired) electrons. The number of rotatable bonds is 5. The van der Waals surface area contributed by atoms with E-state index in [1.54, 1.807) is 4.90 Å². The lowest BCUT2D eigenvalue weighted by molar-refractivity contribution is -0.272. The van der Waals surface area contributed by atoms with Gasteiger partial charge in [-0.25, -0.2) is 4.39 Å². The van der Waals surface area contributed by atoms with Crippen LogP contribution in [0.5, 0.6) is 5.75 Å². The number of halogens is 5. The van der Waals surface area contributed by atoms with Gasteiger partial charge in [0.1, 0.15) is 11.8 Å². The van der Waals surface area contributed by atoms with E-state index in [1.807, 2.05) is 20.9 Å². The van der Waals surface area contributed by atoms with Crippen LogP contribution in [-0.4, -0.2) is 83.8 Å². The number of likely N-dealkylation sites (N-methyl/N-ethyl adjacent to an activating group) is 1. The Kier molecular flexibility index (Phi) is 8.34. The third-order valence-corrected chi connectivity index (χ3v) is 8.38. The Hall–Kier alpha value is -3.32. The van der Waals surface area contributed by atoms with Crippen molar-refractivity contribution in [2.45, 2.75) is 63.6 Å². The highest BCUT2D eigenvalue weighted by Crippen LogP contribution is 2.55. The molecule has 2 amide bonds. The number of pyridine rings is 1. The monoisotopic (exact) mass is 584 g/mol. The first kappa shape index (κ1) is 30.6. The van der Waals surface area contributed by atoms with Gasteiger partial charge in [0.2, 0.25) is 5.82 Å². The summed E-state index contributed by atoms with van der Waals surface area (Å²) in [6.45, 7) is 7.07. The number of anilines is 1. The highest BCUT2D eigenvalue weighted by molar-refractivity contribution is 5.98. The molecule has 2 aromatic rings. The zero-order valence-corrected chi connectivity index (χ0v) is 23.6. The highest BCUT2D eigenvalue weighted by atomic mass is 19.4. The highest BCUT2D eigenvalue weighted by Gasteiger charge is 2.66. The van der Waals surface area contributed by atoms with Crippen molar-refractivity contribution in [3.8, 4) is 5.75 Å². The fourth-order valence-corrected chi connectivity index (χ4v) is 5.61. The largest absolute Gasteiger partial charge is 0.493 e. The van der Waals surface area contributed by atoms with E-state index in [4.69, 9.17) is 9.47 Å². The van der Waals surface area contributed by atoms with E-state index < -0.39 is 53.0 Å². The zero-order valence-electron chi connectivity index (χ0n) is 23.6. The number of methoxy groups -OCH3 is 1. The molecule has 1 aromatic carbocycles. The van der Waals surface area contributed by atoms with Gasteiger partial charge in [0.05, 0.1) is 7.11 Å². The van der Waals surface area contributed by atoms with Gasteiger partial charge in [-0.15, -0.1) is 0 Å². The smallest absolute Gasteiger partial charge is 0.417 e. The van der Waals surface area contributed by atoms with Gasteiger partial charge in [-0.2, -0.15) is 17.6 Å². The number of nitrogens with one attached hydrogen (secondary N) is 1. The zero-order chi connectivity index (χ0) is 30.4. The first-order chi connectivity index (χ1) is 19.1. The van der Waals surface area contributed by atoms with E-state index in [-0.39, 0.29) is 34.9 Å². The molecule has 2 aliphatic heterocycles. The number of benzene rings is 1. The van der Waals surface area contributed by atoms with Crippen molar-refractivity contribution in [1.82, 2.24) is 14.8 Å². The molecule has 3 heterocycles. The lowest BCUT2D eigenvalue weighted by Gasteiger charge is -2.42. The number of hydrogen-bond donors (Lipinski definition) is 1. The van der Waals surface area contributed by atoms with Gasteiger partial charge in [0.25, 0.3) is 11.8 Å². The second-order valence-electron chi connectivity index (χ2n) is 11.0. The summed E-state index contributed by atoms with van der Waals surface area (Å²) in [7, 11) is 3.02. The molecular weight excluding hydrogens is 551 g/mol. The quantitative estimate of drug-likeness (QED) is 0.517. The second kappa shape index (κ2) is 11.2.